The monoisotopic (exact) mass is 342 g/mol. The molecule has 2 heterocycles. The maximum atomic E-state index is 6.31. The standard InChI is InChI=1S/C16H26N4O2.ClH/c17-16(6-3-7-16)14-18-13(22-19-14)12-15(4-1-2-5-15)20-8-10-21-11-9-20;/h1-12,17H2;1H. The second-order valence-corrected chi connectivity index (χ2v) is 7.23. The Morgan fingerprint density at radius 1 is 1.04 bits per heavy atom. The fraction of sp³-hybridized carbons (Fsp3) is 0.875. The maximum absolute atomic E-state index is 6.31. The molecule has 3 aliphatic rings. The van der Waals surface area contributed by atoms with Gasteiger partial charge in [0.05, 0.1) is 18.8 Å². The third kappa shape index (κ3) is 3.14. The van der Waals surface area contributed by atoms with Crippen molar-refractivity contribution in [3.8, 4) is 0 Å². The normalized spacial score (nSPS) is 26.5. The zero-order chi connectivity index (χ0) is 15.0. The molecule has 130 valence electrons. The van der Waals surface area contributed by atoms with Gasteiger partial charge in [0.2, 0.25) is 5.89 Å². The Bertz CT molecular complexity index is 520. The highest BCUT2D eigenvalue weighted by Gasteiger charge is 2.43. The molecule has 1 aliphatic heterocycles. The van der Waals surface area contributed by atoms with E-state index in [1.807, 2.05) is 0 Å². The average Bonchev–Trinajstić information content (AvgIpc) is 3.17. The minimum absolute atomic E-state index is 0. The number of halogens is 1. The van der Waals surface area contributed by atoms with Gasteiger partial charge in [0.15, 0.2) is 5.82 Å². The summed E-state index contributed by atoms with van der Waals surface area (Å²) in [7, 11) is 0. The van der Waals surface area contributed by atoms with E-state index in [1.165, 1.54) is 25.7 Å². The van der Waals surface area contributed by atoms with Crippen LogP contribution in [0.25, 0.3) is 0 Å². The number of rotatable bonds is 4. The van der Waals surface area contributed by atoms with Crippen molar-refractivity contribution in [3.63, 3.8) is 0 Å². The lowest BCUT2D eigenvalue weighted by atomic mass is 9.77. The first-order valence-corrected chi connectivity index (χ1v) is 8.65. The molecule has 0 atom stereocenters. The molecular weight excluding hydrogens is 316 g/mol. The Balaban J connectivity index is 0.00000156. The largest absolute Gasteiger partial charge is 0.379 e. The Labute approximate surface area is 143 Å². The number of aromatic nitrogens is 2. The summed E-state index contributed by atoms with van der Waals surface area (Å²) >= 11 is 0. The number of morpholine rings is 1. The minimum atomic E-state index is -0.330. The molecule has 2 aliphatic carbocycles. The van der Waals surface area contributed by atoms with Gasteiger partial charge in [-0.05, 0) is 32.1 Å². The molecule has 2 N–H and O–H groups in total. The molecule has 23 heavy (non-hydrogen) atoms. The highest BCUT2D eigenvalue weighted by Crippen LogP contribution is 2.40. The summed E-state index contributed by atoms with van der Waals surface area (Å²) in [4.78, 5) is 7.24. The predicted octanol–water partition coefficient (Wildman–Crippen LogP) is 2.02. The number of nitrogens with zero attached hydrogens (tertiary/aromatic N) is 3. The Kier molecular flexibility index (Phi) is 4.97. The third-order valence-corrected chi connectivity index (χ3v) is 5.86. The smallest absolute Gasteiger partial charge is 0.228 e. The van der Waals surface area contributed by atoms with Crippen LogP contribution in [0, 0.1) is 0 Å². The summed E-state index contributed by atoms with van der Waals surface area (Å²) in [6, 6.07) is 0. The van der Waals surface area contributed by atoms with Crippen LogP contribution in [0.1, 0.15) is 56.7 Å². The van der Waals surface area contributed by atoms with E-state index >= 15 is 0 Å². The minimum Gasteiger partial charge on any atom is -0.379 e. The van der Waals surface area contributed by atoms with Gasteiger partial charge < -0.3 is 15.0 Å². The molecule has 1 aromatic heterocycles. The van der Waals surface area contributed by atoms with Gasteiger partial charge in [0, 0.05) is 25.0 Å². The summed E-state index contributed by atoms with van der Waals surface area (Å²) in [5.41, 5.74) is 6.17. The summed E-state index contributed by atoms with van der Waals surface area (Å²) in [5.74, 6) is 1.48. The Hall–Kier alpha value is -0.690. The van der Waals surface area contributed by atoms with Crippen molar-refractivity contribution in [3.05, 3.63) is 11.7 Å². The van der Waals surface area contributed by atoms with Gasteiger partial charge in [-0.1, -0.05) is 18.0 Å². The van der Waals surface area contributed by atoms with E-state index in [9.17, 15) is 0 Å². The molecule has 0 bridgehead atoms. The first-order chi connectivity index (χ1) is 10.7. The van der Waals surface area contributed by atoms with Crippen LogP contribution in [-0.4, -0.2) is 46.9 Å². The summed E-state index contributed by atoms with van der Waals surface area (Å²) < 4.78 is 11.1. The van der Waals surface area contributed by atoms with Crippen LogP contribution in [0.3, 0.4) is 0 Å². The van der Waals surface area contributed by atoms with Crippen LogP contribution in [0.4, 0.5) is 0 Å². The summed E-state index contributed by atoms with van der Waals surface area (Å²) in [5, 5.41) is 4.17. The zero-order valence-corrected chi connectivity index (χ0v) is 14.4. The number of hydrogen-bond donors (Lipinski definition) is 1. The topological polar surface area (TPSA) is 77.4 Å². The zero-order valence-electron chi connectivity index (χ0n) is 13.6. The molecule has 0 radical (unpaired) electrons. The van der Waals surface area contributed by atoms with Crippen molar-refractivity contribution < 1.29 is 9.26 Å². The quantitative estimate of drug-likeness (QED) is 0.902. The molecule has 0 unspecified atom stereocenters. The average molecular weight is 343 g/mol. The Morgan fingerprint density at radius 3 is 2.35 bits per heavy atom. The van der Waals surface area contributed by atoms with Gasteiger partial charge in [-0.2, -0.15) is 4.98 Å². The summed E-state index contributed by atoms with van der Waals surface area (Å²) in [6.45, 7) is 3.70. The van der Waals surface area contributed by atoms with E-state index in [0.717, 1.165) is 57.9 Å². The lowest BCUT2D eigenvalue weighted by Gasteiger charge is -2.42. The van der Waals surface area contributed by atoms with Crippen LogP contribution < -0.4 is 5.73 Å². The molecule has 0 aromatic carbocycles. The first kappa shape index (κ1) is 17.1. The van der Waals surface area contributed by atoms with Crippen molar-refractivity contribution in [1.82, 2.24) is 15.0 Å². The molecule has 0 amide bonds. The van der Waals surface area contributed by atoms with Gasteiger partial charge in [-0.3, -0.25) is 4.90 Å². The van der Waals surface area contributed by atoms with Gasteiger partial charge in [-0.25, -0.2) is 0 Å². The van der Waals surface area contributed by atoms with Gasteiger partial charge in [0.25, 0.3) is 0 Å². The third-order valence-electron chi connectivity index (χ3n) is 5.86. The van der Waals surface area contributed by atoms with E-state index in [1.54, 1.807) is 0 Å². The highest BCUT2D eigenvalue weighted by atomic mass is 35.5. The molecule has 0 spiro atoms. The van der Waals surface area contributed by atoms with Crippen molar-refractivity contribution in [2.45, 2.75) is 62.4 Å². The molecule has 6 nitrogen and oxygen atoms in total. The number of ether oxygens (including phenoxy) is 1. The van der Waals surface area contributed by atoms with E-state index in [0.29, 0.717) is 5.82 Å². The van der Waals surface area contributed by atoms with E-state index in [-0.39, 0.29) is 23.5 Å². The lowest BCUT2D eigenvalue weighted by Crippen LogP contribution is -2.53. The van der Waals surface area contributed by atoms with Gasteiger partial charge >= 0.3 is 0 Å². The first-order valence-electron chi connectivity index (χ1n) is 8.65. The molecule has 2 saturated carbocycles. The van der Waals surface area contributed by atoms with E-state index in [4.69, 9.17) is 15.0 Å². The van der Waals surface area contributed by atoms with Crippen molar-refractivity contribution in [1.29, 1.82) is 0 Å². The lowest BCUT2D eigenvalue weighted by molar-refractivity contribution is -0.0232. The van der Waals surface area contributed by atoms with Crippen LogP contribution in [-0.2, 0) is 16.7 Å². The van der Waals surface area contributed by atoms with Gasteiger partial charge in [-0.15, -0.1) is 12.4 Å². The number of hydrogen-bond acceptors (Lipinski definition) is 6. The SMILES string of the molecule is Cl.NC1(c2noc(CC3(N4CCOCC4)CCCC3)n2)CCC1. The van der Waals surface area contributed by atoms with E-state index in [2.05, 4.69) is 15.0 Å². The predicted molar refractivity (Wildman–Crippen MR) is 88.6 cm³/mol. The molecule has 4 rings (SSSR count). The molecule has 1 saturated heterocycles. The van der Waals surface area contributed by atoms with Crippen molar-refractivity contribution >= 4 is 12.4 Å². The molecule has 7 heteroatoms. The van der Waals surface area contributed by atoms with Crippen LogP contribution >= 0.6 is 12.4 Å². The molecular formula is C16H27ClN4O2. The maximum Gasteiger partial charge on any atom is 0.228 e. The number of nitrogens with two attached hydrogens (primary N) is 1. The molecule has 1 aromatic rings. The van der Waals surface area contributed by atoms with Gasteiger partial charge in [0.1, 0.15) is 0 Å². The highest BCUT2D eigenvalue weighted by molar-refractivity contribution is 5.85. The second-order valence-electron chi connectivity index (χ2n) is 7.23. The van der Waals surface area contributed by atoms with E-state index < -0.39 is 0 Å². The fourth-order valence-corrected chi connectivity index (χ4v) is 4.27. The second kappa shape index (κ2) is 6.67. The summed E-state index contributed by atoms with van der Waals surface area (Å²) in [6.07, 6.45) is 8.99. The van der Waals surface area contributed by atoms with Crippen molar-refractivity contribution in [2.75, 3.05) is 26.3 Å². The molecule has 3 fully saturated rings. The Morgan fingerprint density at radius 2 is 1.74 bits per heavy atom. The van der Waals surface area contributed by atoms with Crippen LogP contribution in [0.2, 0.25) is 0 Å². The van der Waals surface area contributed by atoms with Crippen LogP contribution in [0.15, 0.2) is 4.52 Å². The van der Waals surface area contributed by atoms with Crippen LogP contribution in [0.5, 0.6) is 0 Å². The fourth-order valence-electron chi connectivity index (χ4n) is 4.27. The van der Waals surface area contributed by atoms with Crippen molar-refractivity contribution in [2.24, 2.45) is 5.73 Å².